The van der Waals surface area contributed by atoms with Gasteiger partial charge in [0.2, 0.25) is 0 Å². The molecule has 0 aliphatic carbocycles. The number of carbonyl (C=O) groups is 1. The first kappa shape index (κ1) is 16.8. The van der Waals surface area contributed by atoms with Crippen molar-refractivity contribution in [2.24, 2.45) is 5.92 Å². The van der Waals surface area contributed by atoms with E-state index < -0.39 is 0 Å². The minimum absolute atomic E-state index is 0.0763. The van der Waals surface area contributed by atoms with Gasteiger partial charge in [-0.05, 0) is 28.8 Å². The first-order valence-electron chi connectivity index (χ1n) is 8.73. The third-order valence-corrected chi connectivity index (χ3v) is 4.43. The van der Waals surface area contributed by atoms with Crippen LogP contribution in [-0.4, -0.2) is 55.0 Å². The Bertz CT molecular complexity index is 691. The first-order valence-corrected chi connectivity index (χ1v) is 8.73. The van der Waals surface area contributed by atoms with E-state index in [9.17, 15) is 4.79 Å². The number of hydrogen-bond acceptors (Lipinski definition) is 3. The highest BCUT2D eigenvalue weighted by Crippen LogP contribution is 2.20. The van der Waals surface area contributed by atoms with E-state index in [1.807, 2.05) is 35.2 Å². The SMILES string of the molecule is CC(C)CN1CCN(C(=O)COc2ccc3ccccc3c2)CC1. The van der Waals surface area contributed by atoms with Crippen molar-refractivity contribution in [2.45, 2.75) is 13.8 Å². The van der Waals surface area contributed by atoms with Crippen molar-refractivity contribution in [3.63, 3.8) is 0 Å². The number of fused-ring (bicyclic) bond motifs is 1. The molecule has 1 heterocycles. The lowest BCUT2D eigenvalue weighted by Crippen LogP contribution is -2.50. The number of rotatable bonds is 5. The molecule has 2 aromatic carbocycles. The number of piperazine rings is 1. The second-order valence-electron chi connectivity index (χ2n) is 6.87. The molecule has 3 rings (SSSR count). The van der Waals surface area contributed by atoms with E-state index in [0.29, 0.717) is 5.92 Å². The van der Waals surface area contributed by atoms with Crippen LogP contribution < -0.4 is 4.74 Å². The number of hydrogen-bond donors (Lipinski definition) is 0. The maximum absolute atomic E-state index is 12.3. The van der Waals surface area contributed by atoms with Gasteiger partial charge in [-0.3, -0.25) is 9.69 Å². The largest absolute Gasteiger partial charge is 0.484 e. The molecule has 1 aliphatic heterocycles. The Balaban J connectivity index is 1.50. The van der Waals surface area contributed by atoms with Crippen LogP contribution in [0.4, 0.5) is 0 Å². The summed E-state index contributed by atoms with van der Waals surface area (Å²) in [5, 5.41) is 2.31. The molecule has 1 aliphatic rings. The number of ether oxygens (including phenoxy) is 1. The Labute approximate surface area is 144 Å². The molecule has 1 saturated heterocycles. The van der Waals surface area contributed by atoms with Crippen molar-refractivity contribution in [1.29, 1.82) is 0 Å². The molecule has 1 amide bonds. The highest BCUT2D eigenvalue weighted by molar-refractivity contribution is 5.84. The van der Waals surface area contributed by atoms with Gasteiger partial charge in [0.25, 0.3) is 5.91 Å². The van der Waals surface area contributed by atoms with Gasteiger partial charge < -0.3 is 9.64 Å². The molecule has 0 unspecified atom stereocenters. The zero-order valence-corrected chi connectivity index (χ0v) is 14.6. The van der Waals surface area contributed by atoms with Crippen LogP contribution in [0.1, 0.15) is 13.8 Å². The second-order valence-corrected chi connectivity index (χ2v) is 6.87. The molecular weight excluding hydrogens is 300 g/mol. The smallest absolute Gasteiger partial charge is 0.260 e. The quantitative estimate of drug-likeness (QED) is 0.847. The molecule has 24 heavy (non-hydrogen) atoms. The summed E-state index contributed by atoms with van der Waals surface area (Å²) in [5.74, 6) is 1.50. The molecule has 0 spiro atoms. The van der Waals surface area contributed by atoms with E-state index >= 15 is 0 Å². The summed E-state index contributed by atoms with van der Waals surface area (Å²) >= 11 is 0. The monoisotopic (exact) mass is 326 g/mol. The van der Waals surface area contributed by atoms with E-state index in [1.54, 1.807) is 0 Å². The minimum Gasteiger partial charge on any atom is -0.484 e. The van der Waals surface area contributed by atoms with Crippen molar-refractivity contribution in [3.05, 3.63) is 42.5 Å². The fraction of sp³-hybridized carbons (Fsp3) is 0.450. The lowest BCUT2D eigenvalue weighted by atomic mass is 10.1. The molecule has 1 fully saturated rings. The van der Waals surface area contributed by atoms with Gasteiger partial charge in [0.1, 0.15) is 5.75 Å². The Hall–Kier alpha value is -2.07. The third kappa shape index (κ3) is 4.26. The van der Waals surface area contributed by atoms with E-state index in [2.05, 4.69) is 30.9 Å². The van der Waals surface area contributed by atoms with Crippen molar-refractivity contribution in [1.82, 2.24) is 9.80 Å². The van der Waals surface area contributed by atoms with Gasteiger partial charge in [-0.2, -0.15) is 0 Å². The van der Waals surface area contributed by atoms with Crippen LogP contribution in [0.15, 0.2) is 42.5 Å². The van der Waals surface area contributed by atoms with Crippen molar-refractivity contribution in [3.8, 4) is 5.75 Å². The molecule has 0 bridgehead atoms. The standard InChI is InChI=1S/C20H26N2O2/c1-16(2)14-21-9-11-22(12-10-21)20(23)15-24-19-8-7-17-5-3-4-6-18(17)13-19/h3-8,13,16H,9-12,14-15H2,1-2H3. The maximum atomic E-state index is 12.3. The molecular formula is C20H26N2O2. The Kier molecular flexibility index (Phi) is 5.36. The van der Waals surface area contributed by atoms with E-state index in [0.717, 1.165) is 43.9 Å². The molecule has 4 heteroatoms. The summed E-state index contributed by atoms with van der Waals surface area (Å²) in [7, 11) is 0. The number of amides is 1. The second kappa shape index (κ2) is 7.67. The summed E-state index contributed by atoms with van der Waals surface area (Å²) in [5.41, 5.74) is 0. The normalized spacial score (nSPS) is 15.9. The molecule has 0 aromatic heterocycles. The predicted octanol–water partition coefficient (Wildman–Crippen LogP) is 3.02. The van der Waals surface area contributed by atoms with E-state index in [-0.39, 0.29) is 12.5 Å². The molecule has 0 N–H and O–H groups in total. The van der Waals surface area contributed by atoms with Crippen LogP contribution in [-0.2, 0) is 4.79 Å². The van der Waals surface area contributed by atoms with Crippen LogP contribution in [0.2, 0.25) is 0 Å². The lowest BCUT2D eigenvalue weighted by molar-refractivity contribution is -0.135. The lowest BCUT2D eigenvalue weighted by Gasteiger charge is -2.35. The third-order valence-electron chi connectivity index (χ3n) is 4.43. The average Bonchev–Trinajstić information content (AvgIpc) is 2.59. The van der Waals surface area contributed by atoms with Crippen LogP contribution in [0, 0.1) is 5.92 Å². The Morgan fingerprint density at radius 3 is 2.46 bits per heavy atom. The average molecular weight is 326 g/mol. The summed E-state index contributed by atoms with van der Waals surface area (Å²) < 4.78 is 5.72. The fourth-order valence-electron chi connectivity index (χ4n) is 3.19. The highest BCUT2D eigenvalue weighted by Gasteiger charge is 2.21. The fourth-order valence-corrected chi connectivity index (χ4v) is 3.19. The summed E-state index contributed by atoms with van der Waals surface area (Å²) in [4.78, 5) is 16.7. The number of benzene rings is 2. The van der Waals surface area contributed by atoms with E-state index in [1.165, 1.54) is 5.39 Å². The zero-order valence-electron chi connectivity index (χ0n) is 14.6. The van der Waals surface area contributed by atoms with Crippen LogP contribution in [0.5, 0.6) is 5.75 Å². The highest BCUT2D eigenvalue weighted by atomic mass is 16.5. The molecule has 0 saturated carbocycles. The van der Waals surface area contributed by atoms with Crippen molar-refractivity contribution >= 4 is 16.7 Å². The Morgan fingerprint density at radius 1 is 1.04 bits per heavy atom. The summed E-state index contributed by atoms with van der Waals surface area (Å²) in [6.45, 7) is 9.20. The molecule has 4 nitrogen and oxygen atoms in total. The molecule has 2 aromatic rings. The molecule has 0 radical (unpaired) electrons. The summed E-state index contributed by atoms with van der Waals surface area (Å²) in [6, 6.07) is 14.1. The Morgan fingerprint density at radius 2 is 1.75 bits per heavy atom. The van der Waals surface area contributed by atoms with Gasteiger partial charge in [0.15, 0.2) is 6.61 Å². The minimum atomic E-state index is 0.0763. The van der Waals surface area contributed by atoms with Gasteiger partial charge >= 0.3 is 0 Å². The number of nitrogens with zero attached hydrogens (tertiary/aromatic N) is 2. The topological polar surface area (TPSA) is 32.8 Å². The summed E-state index contributed by atoms with van der Waals surface area (Å²) in [6.07, 6.45) is 0. The van der Waals surface area contributed by atoms with Gasteiger partial charge in [-0.25, -0.2) is 0 Å². The van der Waals surface area contributed by atoms with Gasteiger partial charge in [-0.15, -0.1) is 0 Å². The van der Waals surface area contributed by atoms with E-state index in [4.69, 9.17) is 4.74 Å². The van der Waals surface area contributed by atoms with Crippen LogP contribution in [0.3, 0.4) is 0 Å². The van der Waals surface area contributed by atoms with Crippen molar-refractivity contribution < 1.29 is 9.53 Å². The number of carbonyl (C=O) groups excluding carboxylic acids is 1. The maximum Gasteiger partial charge on any atom is 0.260 e. The first-order chi connectivity index (χ1) is 11.6. The zero-order chi connectivity index (χ0) is 16.9. The van der Waals surface area contributed by atoms with Gasteiger partial charge in [0.05, 0.1) is 0 Å². The van der Waals surface area contributed by atoms with Crippen LogP contribution >= 0.6 is 0 Å². The molecule has 0 atom stereocenters. The van der Waals surface area contributed by atoms with Crippen molar-refractivity contribution in [2.75, 3.05) is 39.3 Å². The van der Waals surface area contributed by atoms with Gasteiger partial charge in [-0.1, -0.05) is 44.2 Å². The predicted molar refractivity (Wildman–Crippen MR) is 97.3 cm³/mol. The molecule has 128 valence electrons. The van der Waals surface area contributed by atoms with Crippen LogP contribution in [0.25, 0.3) is 10.8 Å². The van der Waals surface area contributed by atoms with Gasteiger partial charge in [0, 0.05) is 32.7 Å².